The van der Waals surface area contributed by atoms with E-state index in [0.717, 1.165) is 16.3 Å². The largest absolute Gasteiger partial charge is 0.448 e. The quantitative estimate of drug-likeness (QED) is 0.868. The number of nitrogens with two attached hydrogens (primary N) is 1. The molecule has 78 valence electrons. The number of halogens is 1. The van der Waals surface area contributed by atoms with Crippen molar-refractivity contribution < 1.29 is 4.42 Å². The molecular weight excluding hydrogens is 212 g/mol. The van der Waals surface area contributed by atoms with Gasteiger partial charge in [0.25, 0.3) is 0 Å². The lowest BCUT2D eigenvalue weighted by molar-refractivity contribution is 0.506. The fraction of sp³-hybridized carbons (Fsp3) is 0.182. The lowest BCUT2D eigenvalue weighted by Crippen LogP contribution is -1.97. The highest BCUT2D eigenvalue weighted by molar-refractivity contribution is 6.31. The van der Waals surface area contributed by atoms with Crippen LogP contribution in [0.5, 0.6) is 0 Å². The van der Waals surface area contributed by atoms with Crippen molar-refractivity contribution in [2.45, 2.75) is 13.0 Å². The van der Waals surface area contributed by atoms with Gasteiger partial charge in [-0.25, -0.2) is 4.98 Å². The Morgan fingerprint density at radius 3 is 2.80 bits per heavy atom. The van der Waals surface area contributed by atoms with Crippen LogP contribution in [-0.2, 0) is 13.0 Å². The number of benzene rings is 1. The first kappa shape index (κ1) is 10.2. The minimum atomic E-state index is 0.395. The van der Waals surface area contributed by atoms with Crippen molar-refractivity contribution in [1.82, 2.24) is 4.98 Å². The molecule has 0 unspecified atom stereocenters. The van der Waals surface area contributed by atoms with Gasteiger partial charge >= 0.3 is 0 Å². The Hall–Kier alpha value is -1.32. The van der Waals surface area contributed by atoms with Crippen LogP contribution >= 0.6 is 11.6 Å². The van der Waals surface area contributed by atoms with Crippen LogP contribution in [0.2, 0.25) is 5.02 Å². The highest BCUT2D eigenvalue weighted by Gasteiger charge is 2.06. The van der Waals surface area contributed by atoms with Crippen molar-refractivity contribution in [1.29, 1.82) is 0 Å². The summed E-state index contributed by atoms with van der Waals surface area (Å²) in [5.41, 5.74) is 7.20. The molecule has 0 saturated heterocycles. The van der Waals surface area contributed by atoms with Gasteiger partial charge in [-0.05, 0) is 11.6 Å². The van der Waals surface area contributed by atoms with Crippen molar-refractivity contribution in [2.24, 2.45) is 5.73 Å². The van der Waals surface area contributed by atoms with Crippen LogP contribution in [0.3, 0.4) is 0 Å². The highest BCUT2D eigenvalue weighted by Crippen LogP contribution is 2.18. The van der Waals surface area contributed by atoms with E-state index in [1.54, 1.807) is 6.26 Å². The first-order chi connectivity index (χ1) is 7.29. The lowest BCUT2D eigenvalue weighted by Gasteiger charge is -1.99. The van der Waals surface area contributed by atoms with Crippen molar-refractivity contribution in [3.8, 4) is 0 Å². The number of hydrogen-bond donors (Lipinski definition) is 1. The summed E-state index contributed by atoms with van der Waals surface area (Å²) < 4.78 is 5.26. The summed E-state index contributed by atoms with van der Waals surface area (Å²) in [7, 11) is 0. The van der Waals surface area contributed by atoms with Gasteiger partial charge in [0, 0.05) is 11.6 Å². The van der Waals surface area contributed by atoms with Crippen molar-refractivity contribution in [2.75, 3.05) is 0 Å². The molecule has 0 aliphatic heterocycles. The maximum atomic E-state index is 6.02. The van der Waals surface area contributed by atoms with E-state index in [1.165, 1.54) is 0 Å². The summed E-state index contributed by atoms with van der Waals surface area (Å²) in [5.74, 6) is 0.642. The number of rotatable bonds is 3. The van der Waals surface area contributed by atoms with E-state index in [0.29, 0.717) is 18.9 Å². The lowest BCUT2D eigenvalue weighted by atomic mass is 10.1. The molecule has 2 aromatic rings. The standard InChI is InChI=1S/C11H11ClN2O/c12-10-4-2-1-3-8(10)5-11-14-9(6-13)7-15-11/h1-4,7H,5-6,13H2. The Labute approximate surface area is 92.9 Å². The van der Waals surface area contributed by atoms with E-state index < -0.39 is 0 Å². The monoisotopic (exact) mass is 222 g/mol. The molecule has 3 nitrogen and oxygen atoms in total. The molecule has 1 heterocycles. The van der Waals surface area contributed by atoms with Crippen molar-refractivity contribution in [3.63, 3.8) is 0 Å². The van der Waals surface area contributed by atoms with Crippen molar-refractivity contribution in [3.05, 3.63) is 52.7 Å². The fourth-order valence-corrected chi connectivity index (χ4v) is 1.53. The molecule has 1 aromatic heterocycles. The van der Waals surface area contributed by atoms with Gasteiger partial charge in [0.15, 0.2) is 5.89 Å². The van der Waals surface area contributed by atoms with Crippen LogP contribution in [-0.4, -0.2) is 4.98 Å². The molecule has 2 N–H and O–H groups in total. The molecule has 15 heavy (non-hydrogen) atoms. The van der Waals surface area contributed by atoms with Crippen LogP contribution in [0.15, 0.2) is 34.9 Å². The predicted octanol–water partition coefficient (Wildman–Crippen LogP) is 2.38. The SMILES string of the molecule is NCc1coc(Cc2ccccc2Cl)n1. The van der Waals surface area contributed by atoms with Crippen LogP contribution in [0.4, 0.5) is 0 Å². The van der Waals surface area contributed by atoms with Crippen LogP contribution in [0.1, 0.15) is 17.1 Å². The number of oxazole rings is 1. The Kier molecular flexibility index (Phi) is 3.04. The highest BCUT2D eigenvalue weighted by atomic mass is 35.5. The molecule has 0 fully saturated rings. The van der Waals surface area contributed by atoms with E-state index in [2.05, 4.69) is 4.98 Å². The van der Waals surface area contributed by atoms with Crippen LogP contribution in [0, 0.1) is 0 Å². The summed E-state index contributed by atoms with van der Waals surface area (Å²) in [4.78, 5) is 4.21. The second-order valence-electron chi connectivity index (χ2n) is 3.20. The summed E-state index contributed by atoms with van der Waals surface area (Å²) in [6.07, 6.45) is 2.17. The maximum Gasteiger partial charge on any atom is 0.198 e. The van der Waals surface area contributed by atoms with E-state index >= 15 is 0 Å². The number of nitrogens with zero attached hydrogens (tertiary/aromatic N) is 1. The van der Waals surface area contributed by atoms with Gasteiger partial charge in [0.05, 0.1) is 12.1 Å². The van der Waals surface area contributed by atoms with Gasteiger partial charge in [-0.3, -0.25) is 0 Å². The van der Waals surface area contributed by atoms with Gasteiger partial charge in [-0.15, -0.1) is 0 Å². The third kappa shape index (κ3) is 2.37. The van der Waals surface area contributed by atoms with Crippen LogP contribution < -0.4 is 5.73 Å². The van der Waals surface area contributed by atoms with E-state index in [4.69, 9.17) is 21.8 Å². The molecule has 0 atom stereocenters. The topological polar surface area (TPSA) is 52.0 Å². The molecule has 0 bridgehead atoms. The number of hydrogen-bond acceptors (Lipinski definition) is 3. The Bertz CT molecular complexity index is 453. The summed E-state index contributed by atoms with van der Waals surface area (Å²) in [6.45, 7) is 0.395. The Morgan fingerprint density at radius 2 is 2.13 bits per heavy atom. The van der Waals surface area contributed by atoms with E-state index in [9.17, 15) is 0 Å². The van der Waals surface area contributed by atoms with Gasteiger partial charge in [0.2, 0.25) is 0 Å². The molecule has 0 amide bonds. The molecule has 2 rings (SSSR count). The van der Waals surface area contributed by atoms with E-state index in [1.807, 2.05) is 24.3 Å². The molecule has 0 aliphatic rings. The molecule has 0 spiro atoms. The van der Waals surface area contributed by atoms with Gasteiger partial charge in [0.1, 0.15) is 6.26 Å². The average Bonchev–Trinajstić information content (AvgIpc) is 2.69. The average molecular weight is 223 g/mol. The summed E-state index contributed by atoms with van der Waals surface area (Å²) >= 11 is 6.02. The molecule has 4 heteroatoms. The summed E-state index contributed by atoms with van der Waals surface area (Å²) in [5, 5.41) is 0.727. The van der Waals surface area contributed by atoms with E-state index in [-0.39, 0.29) is 0 Å². The normalized spacial score (nSPS) is 10.5. The maximum absolute atomic E-state index is 6.02. The minimum Gasteiger partial charge on any atom is -0.448 e. The second-order valence-corrected chi connectivity index (χ2v) is 3.61. The van der Waals surface area contributed by atoms with Crippen LogP contribution in [0.25, 0.3) is 0 Å². The Balaban J connectivity index is 2.18. The molecule has 0 aliphatic carbocycles. The molecule has 1 aromatic carbocycles. The van der Waals surface area contributed by atoms with Crippen molar-refractivity contribution >= 4 is 11.6 Å². The first-order valence-electron chi connectivity index (χ1n) is 4.66. The zero-order valence-corrected chi connectivity index (χ0v) is 8.87. The second kappa shape index (κ2) is 4.47. The smallest absolute Gasteiger partial charge is 0.198 e. The van der Waals surface area contributed by atoms with Gasteiger partial charge in [-0.1, -0.05) is 29.8 Å². The summed E-state index contributed by atoms with van der Waals surface area (Å²) in [6, 6.07) is 7.64. The third-order valence-electron chi connectivity index (χ3n) is 2.11. The Morgan fingerprint density at radius 1 is 1.33 bits per heavy atom. The van der Waals surface area contributed by atoms with Gasteiger partial charge in [-0.2, -0.15) is 0 Å². The zero-order valence-electron chi connectivity index (χ0n) is 8.11. The van der Waals surface area contributed by atoms with Gasteiger partial charge < -0.3 is 10.2 Å². The zero-order chi connectivity index (χ0) is 10.7. The molecule has 0 radical (unpaired) electrons. The first-order valence-corrected chi connectivity index (χ1v) is 5.04. The molecular formula is C11H11ClN2O. The minimum absolute atomic E-state index is 0.395. The fourth-order valence-electron chi connectivity index (χ4n) is 1.33. The third-order valence-corrected chi connectivity index (χ3v) is 2.48. The molecule has 0 saturated carbocycles. The number of aromatic nitrogens is 1. The predicted molar refractivity (Wildman–Crippen MR) is 58.7 cm³/mol.